The van der Waals surface area contributed by atoms with Crippen LogP contribution < -0.4 is 5.32 Å². The Morgan fingerprint density at radius 2 is 1.90 bits per heavy atom. The smallest absolute Gasteiger partial charge is 0.322 e. The third-order valence-electron chi connectivity index (χ3n) is 5.27. The lowest BCUT2D eigenvalue weighted by Crippen LogP contribution is -2.46. The Kier molecular flexibility index (Phi) is 6.30. The van der Waals surface area contributed by atoms with E-state index in [1.807, 2.05) is 31.2 Å². The molecule has 4 rings (SSSR count). The molecule has 0 aliphatic carbocycles. The van der Waals surface area contributed by atoms with Crippen molar-refractivity contribution in [2.75, 3.05) is 6.54 Å². The number of nitrogens with zero attached hydrogens (tertiary/aromatic N) is 3. The van der Waals surface area contributed by atoms with Crippen LogP contribution in [0.1, 0.15) is 44.2 Å². The quantitative estimate of drug-likeness (QED) is 0.469. The largest absolute Gasteiger partial charge is 0.334 e. The number of amides is 2. The predicted molar refractivity (Wildman–Crippen MR) is 122 cm³/mol. The number of carbonyl (C=O) groups excluding carboxylic acids is 1. The summed E-state index contributed by atoms with van der Waals surface area (Å²) in [5, 5.41) is 8.46. The number of aromatic nitrogens is 2. The molecule has 0 bridgehead atoms. The first-order valence-corrected chi connectivity index (χ1v) is 10.9. The molecule has 1 aliphatic heterocycles. The summed E-state index contributed by atoms with van der Waals surface area (Å²) in [7, 11) is 0. The molecule has 1 aromatic heterocycles. The number of unbranched alkanes of at least 4 members (excludes halogenated alkanes) is 1. The van der Waals surface area contributed by atoms with Crippen LogP contribution in [0.3, 0.4) is 0 Å². The second kappa shape index (κ2) is 9.12. The Bertz CT molecular complexity index is 1120. The van der Waals surface area contributed by atoms with Crippen molar-refractivity contribution in [1.29, 1.82) is 0 Å². The van der Waals surface area contributed by atoms with E-state index in [0.717, 1.165) is 35.2 Å². The molecular weight excluding hydrogens is 435 g/mol. The molecule has 2 heterocycles. The number of benzene rings is 2. The van der Waals surface area contributed by atoms with Crippen LogP contribution in [0.25, 0.3) is 17.0 Å². The van der Waals surface area contributed by atoms with Crippen molar-refractivity contribution < 1.29 is 9.32 Å². The molecule has 160 valence electrons. The van der Waals surface area contributed by atoms with Gasteiger partial charge in [-0.3, -0.25) is 4.90 Å². The minimum absolute atomic E-state index is 0.149. The molecular formula is C23H22Cl2N4O2. The van der Waals surface area contributed by atoms with Gasteiger partial charge in [0.2, 0.25) is 5.82 Å². The minimum atomic E-state index is -0.435. The number of halogens is 2. The van der Waals surface area contributed by atoms with Crippen LogP contribution in [0.4, 0.5) is 4.79 Å². The molecule has 31 heavy (non-hydrogen) atoms. The highest BCUT2D eigenvalue weighted by atomic mass is 35.5. The van der Waals surface area contributed by atoms with Crippen molar-refractivity contribution in [1.82, 2.24) is 20.4 Å². The van der Waals surface area contributed by atoms with E-state index < -0.39 is 6.04 Å². The van der Waals surface area contributed by atoms with Gasteiger partial charge in [-0.15, -0.1) is 0 Å². The van der Waals surface area contributed by atoms with Gasteiger partial charge in [0.1, 0.15) is 0 Å². The van der Waals surface area contributed by atoms with Gasteiger partial charge in [0.05, 0.1) is 11.6 Å². The van der Waals surface area contributed by atoms with E-state index in [2.05, 4.69) is 22.4 Å². The fourth-order valence-electron chi connectivity index (χ4n) is 3.63. The Labute approximate surface area is 190 Å². The number of hydrogen-bond acceptors (Lipinski definition) is 4. The maximum atomic E-state index is 12.9. The molecule has 1 atom stereocenters. The number of carbonyl (C=O) groups is 1. The fraction of sp³-hybridized carbons (Fsp3) is 0.261. The summed E-state index contributed by atoms with van der Waals surface area (Å²) in [6, 6.07) is 14.1. The zero-order chi connectivity index (χ0) is 22.0. The summed E-state index contributed by atoms with van der Waals surface area (Å²) in [4.78, 5) is 19.2. The summed E-state index contributed by atoms with van der Waals surface area (Å²) >= 11 is 12.2. The van der Waals surface area contributed by atoms with E-state index in [1.165, 1.54) is 0 Å². The van der Waals surface area contributed by atoms with Crippen molar-refractivity contribution in [3.63, 3.8) is 0 Å². The summed E-state index contributed by atoms with van der Waals surface area (Å²) in [5.41, 5.74) is 3.19. The van der Waals surface area contributed by atoms with Gasteiger partial charge in [0.25, 0.3) is 5.89 Å². The molecule has 3 aromatic rings. The Morgan fingerprint density at radius 3 is 2.61 bits per heavy atom. The maximum Gasteiger partial charge on any atom is 0.322 e. The molecule has 0 spiro atoms. The summed E-state index contributed by atoms with van der Waals surface area (Å²) in [6.07, 6.45) is 1.87. The molecule has 1 aliphatic rings. The Hall–Kier alpha value is -2.83. The first kappa shape index (κ1) is 21.4. The second-order valence-corrected chi connectivity index (χ2v) is 8.24. The van der Waals surface area contributed by atoms with E-state index in [1.54, 1.807) is 29.2 Å². The van der Waals surface area contributed by atoms with Gasteiger partial charge < -0.3 is 9.84 Å². The van der Waals surface area contributed by atoms with Crippen molar-refractivity contribution in [2.45, 2.75) is 32.7 Å². The van der Waals surface area contributed by atoms with E-state index in [-0.39, 0.29) is 6.03 Å². The van der Waals surface area contributed by atoms with Crippen LogP contribution >= 0.6 is 23.2 Å². The summed E-state index contributed by atoms with van der Waals surface area (Å²) in [6.45, 7) is 4.61. The first-order chi connectivity index (χ1) is 15.0. The van der Waals surface area contributed by atoms with E-state index >= 15 is 0 Å². The van der Waals surface area contributed by atoms with Crippen LogP contribution in [0, 0.1) is 0 Å². The molecule has 0 fully saturated rings. The van der Waals surface area contributed by atoms with Gasteiger partial charge in [0.15, 0.2) is 0 Å². The van der Waals surface area contributed by atoms with Crippen LogP contribution in [-0.2, 0) is 0 Å². The van der Waals surface area contributed by atoms with E-state index in [4.69, 9.17) is 27.7 Å². The highest BCUT2D eigenvalue weighted by molar-refractivity contribution is 6.31. The van der Waals surface area contributed by atoms with Gasteiger partial charge in [-0.2, -0.15) is 4.98 Å². The third kappa shape index (κ3) is 4.45. The molecule has 1 N–H and O–H groups in total. The van der Waals surface area contributed by atoms with Crippen molar-refractivity contribution in [2.24, 2.45) is 0 Å². The fourth-order valence-corrected chi connectivity index (χ4v) is 3.94. The van der Waals surface area contributed by atoms with Gasteiger partial charge in [-0.05, 0) is 43.2 Å². The van der Waals surface area contributed by atoms with E-state index in [9.17, 15) is 4.79 Å². The van der Waals surface area contributed by atoms with E-state index in [0.29, 0.717) is 28.3 Å². The maximum absolute atomic E-state index is 12.9. The zero-order valence-electron chi connectivity index (χ0n) is 17.2. The Morgan fingerprint density at radius 1 is 1.13 bits per heavy atom. The van der Waals surface area contributed by atoms with Crippen molar-refractivity contribution >= 4 is 34.8 Å². The molecule has 2 amide bonds. The first-order valence-electron chi connectivity index (χ1n) is 10.1. The third-order valence-corrected chi connectivity index (χ3v) is 5.76. The molecule has 0 radical (unpaired) electrons. The second-order valence-electron chi connectivity index (χ2n) is 7.37. The predicted octanol–water partition coefficient (Wildman–Crippen LogP) is 6.34. The lowest BCUT2D eigenvalue weighted by atomic mass is 9.94. The van der Waals surface area contributed by atoms with Gasteiger partial charge in [0, 0.05) is 27.9 Å². The lowest BCUT2D eigenvalue weighted by molar-refractivity contribution is 0.204. The highest BCUT2D eigenvalue weighted by Gasteiger charge is 2.35. The molecule has 6 nitrogen and oxygen atoms in total. The monoisotopic (exact) mass is 456 g/mol. The molecule has 1 unspecified atom stereocenters. The minimum Gasteiger partial charge on any atom is -0.334 e. The number of rotatable bonds is 6. The zero-order valence-corrected chi connectivity index (χ0v) is 18.7. The van der Waals surface area contributed by atoms with Crippen molar-refractivity contribution in [3.8, 4) is 11.4 Å². The average molecular weight is 457 g/mol. The lowest BCUT2D eigenvalue weighted by Gasteiger charge is -2.35. The summed E-state index contributed by atoms with van der Waals surface area (Å²) < 4.78 is 5.67. The molecule has 8 heteroatoms. The SMILES string of the molecule is CCCCN1C(=O)NC(c2ccc(Cl)cc2)C(c2nc(-c3cccc(Cl)c3)no2)=C1C. The number of allylic oxidation sites excluding steroid dienone is 1. The normalized spacial score (nSPS) is 16.6. The Balaban J connectivity index is 1.80. The topological polar surface area (TPSA) is 71.3 Å². The molecule has 0 saturated carbocycles. The van der Waals surface area contributed by atoms with Gasteiger partial charge >= 0.3 is 6.03 Å². The van der Waals surface area contributed by atoms with Crippen LogP contribution in [-0.4, -0.2) is 27.6 Å². The standard InChI is InChI=1S/C23H22Cl2N4O2/c1-3-4-12-29-14(2)19(20(26-23(29)30)15-8-10-17(24)11-9-15)22-27-21(28-31-22)16-6-5-7-18(25)13-16/h5-11,13,20H,3-4,12H2,1-2H3,(H,26,30). The summed E-state index contributed by atoms with van der Waals surface area (Å²) in [5.74, 6) is 0.790. The van der Waals surface area contributed by atoms with Crippen molar-refractivity contribution in [3.05, 3.63) is 75.7 Å². The number of nitrogens with one attached hydrogen (secondary N) is 1. The van der Waals surface area contributed by atoms with Crippen LogP contribution in [0.15, 0.2) is 58.8 Å². The number of urea groups is 1. The molecule has 2 aromatic carbocycles. The van der Waals surface area contributed by atoms with Gasteiger partial charge in [-0.1, -0.05) is 66.0 Å². The van der Waals surface area contributed by atoms with Crippen LogP contribution in [0.5, 0.6) is 0 Å². The van der Waals surface area contributed by atoms with Gasteiger partial charge in [-0.25, -0.2) is 4.79 Å². The highest BCUT2D eigenvalue weighted by Crippen LogP contribution is 2.37. The van der Waals surface area contributed by atoms with Crippen LogP contribution in [0.2, 0.25) is 10.0 Å². The molecule has 0 saturated heterocycles. The number of hydrogen-bond donors (Lipinski definition) is 1. The average Bonchev–Trinajstić information content (AvgIpc) is 3.23.